The molecule has 17 heteroatoms. The third-order valence-corrected chi connectivity index (χ3v) is 6.37. The van der Waals surface area contributed by atoms with E-state index in [0.717, 1.165) is 0 Å². The molecule has 0 saturated heterocycles. The Labute approximate surface area is 274 Å². The van der Waals surface area contributed by atoms with E-state index in [0.29, 0.717) is 65.9 Å². The Balaban J connectivity index is 1.02. The molecule has 4 heterocycles. The molecule has 0 bridgehead atoms. The van der Waals surface area contributed by atoms with Crippen LogP contribution >= 0.6 is 0 Å². The normalized spacial score (nSPS) is 11.5. The Morgan fingerprint density at radius 1 is 0.917 bits per heavy atom. The number of nitrogens with one attached hydrogen (secondary N) is 3. The topological polar surface area (TPSA) is 198 Å². The predicted octanol–water partition coefficient (Wildman–Crippen LogP) is 3.56. The highest BCUT2D eigenvalue weighted by Crippen LogP contribution is 2.24. The van der Waals surface area contributed by atoms with E-state index in [1.807, 2.05) is 0 Å². The van der Waals surface area contributed by atoms with E-state index in [-0.39, 0.29) is 25.6 Å². The number of aromatic nitrogens is 6. The lowest BCUT2D eigenvalue weighted by Crippen LogP contribution is -2.34. The van der Waals surface area contributed by atoms with Crippen LogP contribution in [0.15, 0.2) is 53.3 Å². The van der Waals surface area contributed by atoms with Gasteiger partial charge >= 0.3 is 18.1 Å². The summed E-state index contributed by atoms with van der Waals surface area (Å²) in [5.74, 6) is 0.495. The van der Waals surface area contributed by atoms with Gasteiger partial charge in [-0.05, 0) is 50.6 Å². The van der Waals surface area contributed by atoms with Crippen molar-refractivity contribution in [2.75, 3.05) is 50.2 Å². The fraction of sp³-hybridized carbons (Fsp3) is 0.387. The van der Waals surface area contributed by atoms with Crippen LogP contribution in [0.1, 0.15) is 26.3 Å². The van der Waals surface area contributed by atoms with Crippen LogP contribution in [-0.4, -0.2) is 92.6 Å². The number of fused-ring (bicyclic) bond motifs is 3. The largest absolute Gasteiger partial charge is 0.463 e. The SMILES string of the molecule is Cn1cc2c(nc(NC(=O)Nc3ccc(CC(=O)OCCOCCOCCNC(=O)OC(C)(C)C)cc3)n3nc(-c4ccco4)nc23)n1. The minimum absolute atomic E-state index is 0.0521. The van der Waals surface area contributed by atoms with E-state index >= 15 is 0 Å². The molecule has 17 nitrogen and oxygen atoms in total. The number of nitrogens with zero attached hydrogens (tertiary/aromatic N) is 6. The standard InChI is InChI=1S/C31H37N9O8/c1-31(2,3)48-30(43)32-11-13-44-14-15-45-16-17-47-24(41)18-20-7-9-21(10-8-20)33-29(42)36-28-35-25-22(19-39(4)37-25)27-34-26(38-40(27)28)23-6-5-12-46-23/h5-10,12,19H,11,13-18H2,1-4H3,(H,32,43)(H2,33,35,36,37,42). The second-order valence-electron chi connectivity index (χ2n) is 11.5. The molecule has 5 rings (SSSR count). The van der Waals surface area contributed by atoms with Crippen LogP contribution in [-0.2, 0) is 37.2 Å². The van der Waals surface area contributed by atoms with Crippen LogP contribution in [0, 0.1) is 0 Å². The zero-order valence-electron chi connectivity index (χ0n) is 27.0. The molecule has 0 aliphatic rings. The van der Waals surface area contributed by atoms with Crippen molar-refractivity contribution in [3.05, 3.63) is 54.4 Å². The molecule has 0 fully saturated rings. The van der Waals surface area contributed by atoms with Crippen molar-refractivity contribution in [2.24, 2.45) is 7.05 Å². The van der Waals surface area contributed by atoms with Gasteiger partial charge in [-0.1, -0.05) is 12.1 Å². The third kappa shape index (κ3) is 9.49. The van der Waals surface area contributed by atoms with Gasteiger partial charge in [0.25, 0.3) is 0 Å². The van der Waals surface area contributed by atoms with E-state index in [1.54, 1.807) is 75.1 Å². The number of ether oxygens (including phenoxy) is 4. The maximum atomic E-state index is 12.9. The third-order valence-electron chi connectivity index (χ3n) is 6.37. The molecule has 0 aliphatic heterocycles. The monoisotopic (exact) mass is 663 g/mol. The Bertz CT molecular complexity index is 1840. The van der Waals surface area contributed by atoms with Gasteiger partial charge in [0.15, 0.2) is 17.1 Å². The number of carbonyl (C=O) groups excluding carboxylic acids is 3. The highest BCUT2D eigenvalue weighted by atomic mass is 16.6. The summed E-state index contributed by atoms with van der Waals surface area (Å²) < 4.78 is 29.6. The van der Waals surface area contributed by atoms with Crippen LogP contribution in [0.2, 0.25) is 0 Å². The number of anilines is 2. The smallest absolute Gasteiger partial charge is 0.407 e. The number of benzene rings is 1. The van der Waals surface area contributed by atoms with Gasteiger partial charge in [-0.25, -0.2) is 14.6 Å². The number of amides is 3. The number of aryl methyl sites for hydroxylation is 1. The summed E-state index contributed by atoms with van der Waals surface area (Å²) in [6.07, 6.45) is 2.85. The number of urea groups is 1. The summed E-state index contributed by atoms with van der Waals surface area (Å²) in [5.41, 5.74) is 1.48. The average molecular weight is 664 g/mol. The van der Waals surface area contributed by atoms with Crippen LogP contribution in [0.4, 0.5) is 21.2 Å². The average Bonchev–Trinajstić information content (AvgIpc) is 3.78. The minimum atomic E-state index is -0.566. The van der Waals surface area contributed by atoms with Crippen molar-refractivity contribution < 1.29 is 37.7 Å². The second-order valence-corrected chi connectivity index (χ2v) is 11.5. The van der Waals surface area contributed by atoms with Crippen molar-refractivity contribution in [3.8, 4) is 11.6 Å². The molecule has 0 atom stereocenters. The van der Waals surface area contributed by atoms with Gasteiger partial charge in [0.1, 0.15) is 12.2 Å². The molecular formula is C31H37N9O8. The van der Waals surface area contributed by atoms with E-state index in [9.17, 15) is 14.4 Å². The van der Waals surface area contributed by atoms with Crippen molar-refractivity contribution in [1.29, 1.82) is 0 Å². The Kier molecular flexibility index (Phi) is 10.8. The van der Waals surface area contributed by atoms with E-state index in [2.05, 4.69) is 36.1 Å². The number of esters is 1. The van der Waals surface area contributed by atoms with Crippen molar-refractivity contribution >= 4 is 46.4 Å². The molecule has 5 aromatic rings. The Hall–Kier alpha value is -5.55. The highest BCUT2D eigenvalue weighted by molar-refractivity contribution is 6.00. The summed E-state index contributed by atoms with van der Waals surface area (Å²) in [4.78, 5) is 45.7. The van der Waals surface area contributed by atoms with Crippen LogP contribution < -0.4 is 16.0 Å². The van der Waals surface area contributed by atoms with Crippen molar-refractivity contribution in [3.63, 3.8) is 0 Å². The maximum absolute atomic E-state index is 12.9. The number of hydrogen-bond donors (Lipinski definition) is 3. The van der Waals surface area contributed by atoms with Gasteiger partial charge in [-0.2, -0.15) is 14.6 Å². The summed E-state index contributed by atoms with van der Waals surface area (Å²) >= 11 is 0. The van der Waals surface area contributed by atoms with Gasteiger partial charge in [0.2, 0.25) is 11.8 Å². The zero-order valence-corrected chi connectivity index (χ0v) is 27.0. The molecule has 0 radical (unpaired) electrons. The number of hydrogen-bond acceptors (Lipinski definition) is 12. The molecule has 1 aromatic carbocycles. The van der Waals surface area contributed by atoms with E-state index in [1.165, 1.54) is 10.8 Å². The van der Waals surface area contributed by atoms with E-state index < -0.39 is 23.7 Å². The van der Waals surface area contributed by atoms with Gasteiger partial charge in [-0.15, -0.1) is 5.10 Å². The van der Waals surface area contributed by atoms with Crippen molar-refractivity contribution in [2.45, 2.75) is 32.8 Å². The molecule has 0 aliphatic carbocycles. The fourth-order valence-electron chi connectivity index (χ4n) is 4.35. The summed E-state index contributed by atoms with van der Waals surface area (Å²) in [6, 6.07) is 9.67. The molecular weight excluding hydrogens is 626 g/mol. The lowest BCUT2D eigenvalue weighted by atomic mass is 10.1. The Morgan fingerprint density at radius 2 is 1.67 bits per heavy atom. The van der Waals surface area contributed by atoms with E-state index in [4.69, 9.17) is 23.4 Å². The summed E-state index contributed by atoms with van der Waals surface area (Å²) in [6.45, 7) is 6.96. The van der Waals surface area contributed by atoms with Crippen LogP contribution in [0.25, 0.3) is 28.3 Å². The maximum Gasteiger partial charge on any atom is 0.407 e. The first-order valence-corrected chi connectivity index (χ1v) is 15.1. The number of furan rings is 1. The molecule has 0 saturated carbocycles. The molecule has 3 N–H and O–H groups in total. The van der Waals surface area contributed by atoms with Crippen LogP contribution in [0.3, 0.4) is 0 Å². The molecule has 3 amide bonds. The lowest BCUT2D eigenvalue weighted by molar-refractivity contribution is -0.144. The molecule has 48 heavy (non-hydrogen) atoms. The minimum Gasteiger partial charge on any atom is -0.463 e. The first kappa shape index (κ1) is 33.8. The zero-order chi connectivity index (χ0) is 34.1. The molecule has 0 spiro atoms. The lowest BCUT2D eigenvalue weighted by Gasteiger charge is -2.19. The van der Waals surface area contributed by atoms with Gasteiger partial charge in [-0.3, -0.25) is 14.8 Å². The number of alkyl carbamates (subject to hydrolysis) is 1. The molecule has 254 valence electrons. The quantitative estimate of drug-likeness (QED) is 0.116. The molecule has 4 aromatic heterocycles. The highest BCUT2D eigenvalue weighted by Gasteiger charge is 2.19. The first-order valence-electron chi connectivity index (χ1n) is 15.1. The molecule has 0 unspecified atom stereocenters. The predicted molar refractivity (Wildman–Crippen MR) is 172 cm³/mol. The number of rotatable bonds is 14. The van der Waals surface area contributed by atoms with Crippen LogP contribution in [0.5, 0.6) is 0 Å². The van der Waals surface area contributed by atoms with Gasteiger partial charge in [0, 0.05) is 25.5 Å². The Morgan fingerprint density at radius 3 is 2.40 bits per heavy atom. The summed E-state index contributed by atoms with van der Waals surface area (Å²) in [7, 11) is 1.76. The second kappa shape index (κ2) is 15.4. The fourth-order valence-corrected chi connectivity index (χ4v) is 4.35. The van der Waals surface area contributed by atoms with Crippen molar-refractivity contribution in [1.82, 2.24) is 34.7 Å². The first-order chi connectivity index (χ1) is 23.0. The van der Waals surface area contributed by atoms with Gasteiger partial charge in [0.05, 0.1) is 44.5 Å². The van der Waals surface area contributed by atoms with Gasteiger partial charge < -0.3 is 34.0 Å². The summed E-state index contributed by atoms with van der Waals surface area (Å²) in [5, 5.41) is 17.5. The number of carbonyl (C=O) groups is 3.